The van der Waals surface area contributed by atoms with Gasteiger partial charge in [0, 0.05) is 16.3 Å². The van der Waals surface area contributed by atoms with Crippen molar-refractivity contribution in [1.29, 1.82) is 0 Å². The van der Waals surface area contributed by atoms with Gasteiger partial charge in [0.1, 0.15) is 11.2 Å². The van der Waals surface area contributed by atoms with Gasteiger partial charge in [0.2, 0.25) is 0 Å². The Kier molecular flexibility index (Phi) is 5.59. The van der Waals surface area contributed by atoms with Crippen molar-refractivity contribution < 1.29 is 14.2 Å². The summed E-state index contributed by atoms with van der Waals surface area (Å²) in [6.07, 6.45) is 0. The zero-order valence-corrected chi connectivity index (χ0v) is 20.0. The fourth-order valence-corrected chi connectivity index (χ4v) is 3.96. The number of furan rings is 1. The van der Waals surface area contributed by atoms with Gasteiger partial charge in [-0.15, -0.1) is 0 Å². The first-order valence-electron chi connectivity index (χ1n) is 11.6. The highest BCUT2D eigenvalue weighted by molar-refractivity contribution is 6.47. The summed E-state index contributed by atoms with van der Waals surface area (Å²) in [7, 11) is 1.69. The zero-order chi connectivity index (χ0) is 23.9. The molecule has 0 aliphatic carbocycles. The maximum atomic E-state index is 10.4. The van der Waals surface area contributed by atoms with E-state index in [1.165, 1.54) is 5.56 Å². The lowest BCUT2D eigenvalue weighted by molar-refractivity contribution is -0.0893. The molecule has 5 aromatic rings. The second-order valence-electron chi connectivity index (χ2n) is 9.80. The molecule has 0 aliphatic heterocycles. The molecule has 1 radical (unpaired) electrons. The van der Waals surface area contributed by atoms with E-state index in [-0.39, 0.29) is 0 Å². The van der Waals surface area contributed by atoms with Gasteiger partial charge in [-0.2, -0.15) is 0 Å². The Morgan fingerprint density at radius 2 is 1.35 bits per heavy atom. The molecule has 3 nitrogen and oxygen atoms in total. The monoisotopic (exact) mass is 447 g/mol. The Morgan fingerprint density at radius 1 is 0.706 bits per heavy atom. The maximum Gasteiger partial charge on any atom is 0.331 e. The lowest BCUT2D eigenvalue weighted by atomic mass is 9.82. The molecule has 1 N–H and O–H groups in total. The third-order valence-electron chi connectivity index (χ3n) is 6.75. The molecular formula is C30H28BO3. The van der Waals surface area contributed by atoms with Crippen molar-refractivity contribution in [2.45, 2.75) is 38.9 Å². The topological polar surface area (TPSA) is 42.6 Å². The van der Waals surface area contributed by atoms with Crippen molar-refractivity contribution in [3.05, 3.63) is 91.0 Å². The molecular weight excluding hydrogens is 419 g/mol. The van der Waals surface area contributed by atoms with E-state index in [2.05, 4.69) is 54.6 Å². The quantitative estimate of drug-likeness (QED) is 0.294. The molecule has 0 aliphatic rings. The maximum absolute atomic E-state index is 10.4. The average Bonchev–Trinajstić information content (AvgIpc) is 3.20. The Hall–Kier alpha value is -3.34. The molecule has 4 heteroatoms. The Labute approximate surface area is 201 Å². The van der Waals surface area contributed by atoms with Crippen molar-refractivity contribution in [2.75, 3.05) is 0 Å². The van der Waals surface area contributed by atoms with Crippen molar-refractivity contribution in [3.63, 3.8) is 0 Å². The normalized spacial score (nSPS) is 12.4. The first kappa shape index (κ1) is 22.5. The van der Waals surface area contributed by atoms with Crippen LogP contribution in [0.15, 0.2) is 95.4 Å². The number of benzene rings is 4. The minimum atomic E-state index is -0.981. The van der Waals surface area contributed by atoms with Crippen molar-refractivity contribution in [2.24, 2.45) is 0 Å². The molecule has 4 aromatic carbocycles. The number of fused-ring (bicyclic) bond motifs is 3. The number of rotatable bonds is 6. The fraction of sp³-hybridized carbons (Fsp3) is 0.200. The van der Waals surface area contributed by atoms with E-state index in [0.717, 1.165) is 44.1 Å². The van der Waals surface area contributed by atoms with Crippen molar-refractivity contribution >= 4 is 34.9 Å². The third kappa shape index (κ3) is 4.15. The summed E-state index contributed by atoms with van der Waals surface area (Å²) in [5.74, 6) is 0. The van der Waals surface area contributed by atoms with Gasteiger partial charge in [-0.05, 0) is 68.0 Å². The molecule has 1 heterocycles. The van der Waals surface area contributed by atoms with E-state index in [1.54, 1.807) is 21.3 Å². The van der Waals surface area contributed by atoms with E-state index in [1.807, 2.05) is 50.2 Å². The Balaban J connectivity index is 1.63. The summed E-state index contributed by atoms with van der Waals surface area (Å²) in [5.41, 5.74) is 5.35. The second-order valence-corrected chi connectivity index (χ2v) is 9.80. The van der Waals surface area contributed by atoms with Crippen LogP contribution in [0.2, 0.25) is 0 Å². The fourth-order valence-electron chi connectivity index (χ4n) is 3.96. The molecule has 0 atom stereocenters. The van der Waals surface area contributed by atoms with Crippen LogP contribution in [0.3, 0.4) is 0 Å². The highest BCUT2D eigenvalue weighted by atomic mass is 16.5. The van der Waals surface area contributed by atoms with E-state index in [9.17, 15) is 5.11 Å². The predicted octanol–water partition coefficient (Wildman–Crippen LogP) is 6.73. The molecule has 0 saturated carbocycles. The SMILES string of the molecule is CC(C)(O)C(C)(C)O[B]c1ccc2c(c1)oc1c(-c3ccccc3)cc(-c3ccccc3)cc12. The van der Waals surface area contributed by atoms with Gasteiger partial charge in [0.25, 0.3) is 0 Å². The van der Waals surface area contributed by atoms with Gasteiger partial charge >= 0.3 is 7.48 Å². The molecule has 169 valence electrons. The van der Waals surface area contributed by atoms with E-state index >= 15 is 0 Å². The molecule has 0 unspecified atom stereocenters. The smallest absolute Gasteiger partial charge is 0.331 e. The van der Waals surface area contributed by atoms with Gasteiger partial charge in [0.05, 0.1) is 11.2 Å². The summed E-state index contributed by atoms with van der Waals surface area (Å²) in [5, 5.41) is 12.5. The van der Waals surface area contributed by atoms with Crippen LogP contribution in [0.25, 0.3) is 44.2 Å². The molecule has 1 aromatic heterocycles. The zero-order valence-electron chi connectivity index (χ0n) is 20.0. The van der Waals surface area contributed by atoms with Gasteiger partial charge in [-0.3, -0.25) is 0 Å². The van der Waals surface area contributed by atoms with Crippen LogP contribution in [-0.2, 0) is 4.65 Å². The third-order valence-corrected chi connectivity index (χ3v) is 6.75. The number of hydrogen-bond donors (Lipinski definition) is 1. The van der Waals surface area contributed by atoms with Crippen LogP contribution in [0.1, 0.15) is 27.7 Å². The molecule has 0 saturated heterocycles. The van der Waals surface area contributed by atoms with Crippen LogP contribution in [-0.4, -0.2) is 23.8 Å². The van der Waals surface area contributed by atoms with Crippen molar-refractivity contribution in [3.8, 4) is 22.3 Å². The number of aliphatic hydroxyl groups is 1. The van der Waals surface area contributed by atoms with Crippen LogP contribution >= 0.6 is 0 Å². The molecule has 5 rings (SSSR count). The highest BCUT2D eigenvalue weighted by Crippen LogP contribution is 2.39. The van der Waals surface area contributed by atoms with Gasteiger partial charge in [0.15, 0.2) is 0 Å². The number of hydrogen-bond acceptors (Lipinski definition) is 3. The van der Waals surface area contributed by atoms with Gasteiger partial charge in [-0.25, -0.2) is 0 Å². The largest absolute Gasteiger partial charge is 0.455 e. The lowest BCUT2D eigenvalue weighted by Crippen LogP contribution is -2.49. The van der Waals surface area contributed by atoms with E-state index in [4.69, 9.17) is 9.07 Å². The van der Waals surface area contributed by atoms with Gasteiger partial charge < -0.3 is 14.2 Å². The van der Waals surface area contributed by atoms with E-state index in [0.29, 0.717) is 0 Å². The molecule has 0 fully saturated rings. The summed E-state index contributed by atoms with van der Waals surface area (Å²) < 4.78 is 12.4. The lowest BCUT2D eigenvalue weighted by Gasteiger charge is -2.37. The Bertz CT molecular complexity index is 1450. The molecule has 0 amide bonds. The van der Waals surface area contributed by atoms with Crippen LogP contribution in [0, 0.1) is 0 Å². The van der Waals surface area contributed by atoms with Gasteiger partial charge in [-0.1, -0.05) is 72.8 Å². The van der Waals surface area contributed by atoms with Crippen LogP contribution in [0.4, 0.5) is 0 Å². The highest BCUT2D eigenvalue weighted by Gasteiger charge is 2.35. The average molecular weight is 447 g/mol. The van der Waals surface area contributed by atoms with Crippen molar-refractivity contribution in [1.82, 2.24) is 0 Å². The second kappa shape index (κ2) is 8.46. The van der Waals surface area contributed by atoms with Crippen LogP contribution < -0.4 is 5.46 Å². The summed E-state index contributed by atoms with van der Waals surface area (Å²) in [6.45, 7) is 7.25. The summed E-state index contributed by atoms with van der Waals surface area (Å²) in [4.78, 5) is 0. The first-order valence-corrected chi connectivity index (χ1v) is 11.6. The Morgan fingerprint density at radius 3 is 2.00 bits per heavy atom. The molecule has 34 heavy (non-hydrogen) atoms. The minimum Gasteiger partial charge on any atom is -0.455 e. The molecule has 0 bridgehead atoms. The minimum absolute atomic E-state index is 0.735. The summed E-state index contributed by atoms with van der Waals surface area (Å²) >= 11 is 0. The first-order chi connectivity index (χ1) is 16.2. The summed E-state index contributed by atoms with van der Waals surface area (Å²) in [6, 6.07) is 31.3. The predicted molar refractivity (Wildman–Crippen MR) is 141 cm³/mol. The standard InChI is InChI=1S/C30H28BO3/c1-29(2,32)30(3,4)34-31-23-15-16-24-26-18-22(20-11-7-5-8-12-20)17-25(21-13-9-6-10-14-21)28(26)33-27(24)19-23/h5-19,32H,1-4H3. The van der Waals surface area contributed by atoms with E-state index < -0.39 is 11.2 Å². The van der Waals surface area contributed by atoms with Crippen LogP contribution in [0.5, 0.6) is 0 Å². The molecule has 0 spiro atoms.